The second-order valence-electron chi connectivity index (χ2n) is 7.89. The molecule has 0 aliphatic carbocycles. The molecule has 0 aromatic carbocycles. The van der Waals surface area contributed by atoms with Gasteiger partial charge in [0.15, 0.2) is 5.65 Å². The Hall–Kier alpha value is -2.22. The minimum absolute atomic E-state index is 0.00404. The molecule has 8 heteroatoms. The number of nitrogens with zero attached hydrogens (tertiary/aromatic N) is 5. The zero-order chi connectivity index (χ0) is 19.2. The maximum absolute atomic E-state index is 11.1. The van der Waals surface area contributed by atoms with Crippen LogP contribution in [-0.2, 0) is 16.6 Å². The van der Waals surface area contributed by atoms with Crippen molar-refractivity contribution in [3.63, 3.8) is 0 Å². The Morgan fingerprint density at radius 2 is 2.00 bits per heavy atom. The number of aryl methyl sites for hydroxylation is 3. The summed E-state index contributed by atoms with van der Waals surface area (Å²) in [6.45, 7) is 7.93. The lowest BCUT2D eigenvalue weighted by atomic mass is 9.88. The summed E-state index contributed by atoms with van der Waals surface area (Å²) < 4.78 is 8.21. The number of aromatic nitrogens is 4. The number of ether oxygens (including phenoxy) is 1. The Balaban J connectivity index is 1.49. The van der Waals surface area contributed by atoms with Crippen molar-refractivity contribution < 1.29 is 9.53 Å². The third kappa shape index (κ3) is 3.38. The summed E-state index contributed by atoms with van der Waals surface area (Å²) in [6.07, 6.45) is 4.17. The second-order valence-corrected chi connectivity index (χ2v) is 7.89. The highest BCUT2D eigenvalue weighted by atomic mass is 16.5. The molecule has 2 saturated heterocycles. The van der Waals surface area contributed by atoms with E-state index in [-0.39, 0.29) is 17.6 Å². The number of rotatable bonds is 3. The lowest BCUT2D eigenvalue weighted by Gasteiger charge is -2.40. The Morgan fingerprint density at radius 1 is 1.26 bits per heavy atom. The van der Waals surface area contributed by atoms with Gasteiger partial charge in [0.05, 0.1) is 22.8 Å². The maximum atomic E-state index is 11.1. The van der Waals surface area contributed by atoms with Crippen LogP contribution in [-0.4, -0.2) is 57.0 Å². The molecular weight excluding hydrogens is 344 g/mol. The normalized spacial score (nSPS) is 21.9. The van der Waals surface area contributed by atoms with Crippen LogP contribution >= 0.6 is 0 Å². The molecular formula is C19H28N6O2. The topological polar surface area (TPSA) is 85.2 Å². The lowest BCUT2D eigenvalue weighted by Crippen LogP contribution is -2.45. The van der Waals surface area contributed by atoms with E-state index in [0.29, 0.717) is 6.54 Å². The molecule has 0 saturated carbocycles. The summed E-state index contributed by atoms with van der Waals surface area (Å²) in [5.41, 5.74) is 1.81. The molecule has 1 atom stereocenters. The van der Waals surface area contributed by atoms with Crippen molar-refractivity contribution in [3.8, 4) is 0 Å². The molecule has 27 heavy (non-hydrogen) atoms. The summed E-state index contributed by atoms with van der Waals surface area (Å²) in [7, 11) is 1.93. The van der Waals surface area contributed by atoms with Gasteiger partial charge in [-0.3, -0.25) is 9.48 Å². The minimum Gasteiger partial charge on any atom is -0.370 e. The highest BCUT2D eigenvalue weighted by Gasteiger charge is 2.42. The Bertz CT molecular complexity index is 869. The lowest BCUT2D eigenvalue weighted by molar-refractivity contribution is -0.120. The van der Waals surface area contributed by atoms with E-state index in [0.717, 1.165) is 67.1 Å². The molecule has 2 aliphatic rings. The summed E-state index contributed by atoms with van der Waals surface area (Å²) in [5, 5.41) is 8.46. The van der Waals surface area contributed by atoms with Crippen LogP contribution < -0.4 is 10.2 Å². The van der Waals surface area contributed by atoms with Gasteiger partial charge in [0.2, 0.25) is 5.91 Å². The Labute approximate surface area is 159 Å². The molecule has 1 amide bonds. The number of anilines is 1. The van der Waals surface area contributed by atoms with Gasteiger partial charge in [-0.15, -0.1) is 0 Å². The Kier molecular flexibility index (Phi) is 4.53. The minimum atomic E-state index is -0.0508. The highest BCUT2D eigenvalue weighted by molar-refractivity contribution is 5.90. The number of hydrogen-bond donors (Lipinski definition) is 1. The summed E-state index contributed by atoms with van der Waals surface area (Å²) in [6, 6.07) is 0. The predicted octanol–water partition coefficient (Wildman–Crippen LogP) is 1.63. The number of carbonyl (C=O) groups excluding carboxylic acids is 1. The molecule has 2 aliphatic heterocycles. The van der Waals surface area contributed by atoms with E-state index in [9.17, 15) is 4.79 Å². The molecule has 146 valence electrons. The Morgan fingerprint density at radius 3 is 2.70 bits per heavy atom. The van der Waals surface area contributed by atoms with Crippen molar-refractivity contribution in [3.05, 3.63) is 11.5 Å². The molecule has 4 heterocycles. The summed E-state index contributed by atoms with van der Waals surface area (Å²) in [5.74, 6) is 1.77. The fourth-order valence-corrected chi connectivity index (χ4v) is 4.44. The second kappa shape index (κ2) is 6.74. The number of hydrogen-bond acceptors (Lipinski definition) is 6. The molecule has 4 rings (SSSR count). The van der Waals surface area contributed by atoms with E-state index in [4.69, 9.17) is 9.72 Å². The molecule has 1 unspecified atom stereocenters. The fraction of sp³-hybridized carbons (Fsp3) is 0.684. The van der Waals surface area contributed by atoms with Gasteiger partial charge in [-0.05, 0) is 39.5 Å². The van der Waals surface area contributed by atoms with Crippen molar-refractivity contribution in [1.29, 1.82) is 0 Å². The van der Waals surface area contributed by atoms with Gasteiger partial charge >= 0.3 is 0 Å². The molecule has 1 N–H and O–H groups in total. The average Bonchev–Trinajstić information content (AvgIpc) is 3.14. The fourth-order valence-electron chi connectivity index (χ4n) is 4.44. The van der Waals surface area contributed by atoms with Gasteiger partial charge in [-0.25, -0.2) is 9.97 Å². The third-order valence-electron chi connectivity index (χ3n) is 5.84. The smallest absolute Gasteiger partial charge is 0.216 e. The van der Waals surface area contributed by atoms with Crippen molar-refractivity contribution >= 4 is 22.8 Å². The van der Waals surface area contributed by atoms with E-state index < -0.39 is 0 Å². The number of carbonyl (C=O) groups is 1. The van der Waals surface area contributed by atoms with E-state index >= 15 is 0 Å². The van der Waals surface area contributed by atoms with Crippen molar-refractivity contribution in [2.24, 2.45) is 7.05 Å². The number of nitrogens with one attached hydrogen (secondary N) is 1. The van der Waals surface area contributed by atoms with Gasteiger partial charge in [-0.2, -0.15) is 5.10 Å². The van der Waals surface area contributed by atoms with Crippen molar-refractivity contribution in [2.75, 3.05) is 24.5 Å². The molecule has 8 nitrogen and oxygen atoms in total. The van der Waals surface area contributed by atoms with Gasteiger partial charge in [0.25, 0.3) is 0 Å². The molecule has 2 fully saturated rings. The first kappa shape index (κ1) is 18.2. The third-order valence-corrected chi connectivity index (χ3v) is 5.84. The van der Waals surface area contributed by atoms with Crippen molar-refractivity contribution in [2.45, 2.75) is 58.2 Å². The van der Waals surface area contributed by atoms with Crippen LogP contribution in [0, 0.1) is 13.8 Å². The van der Waals surface area contributed by atoms with Crippen LogP contribution in [0.4, 0.5) is 5.82 Å². The first-order chi connectivity index (χ1) is 12.9. The summed E-state index contributed by atoms with van der Waals surface area (Å²) >= 11 is 0. The first-order valence-electron chi connectivity index (χ1n) is 9.72. The molecule has 2 aromatic rings. The predicted molar refractivity (Wildman–Crippen MR) is 103 cm³/mol. The van der Waals surface area contributed by atoms with Gasteiger partial charge in [0.1, 0.15) is 11.6 Å². The molecule has 1 spiro atoms. The van der Waals surface area contributed by atoms with E-state index in [1.807, 2.05) is 25.6 Å². The monoisotopic (exact) mass is 372 g/mol. The van der Waals surface area contributed by atoms with Gasteiger partial charge in [0, 0.05) is 33.6 Å². The van der Waals surface area contributed by atoms with Crippen LogP contribution in [0.1, 0.15) is 44.1 Å². The average molecular weight is 372 g/mol. The van der Waals surface area contributed by atoms with E-state index in [2.05, 4.69) is 20.3 Å². The zero-order valence-corrected chi connectivity index (χ0v) is 16.6. The number of piperidine rings is 1. The number of fused-ring (bicyclic) bond motifs is 1. The quantitative estimate of drug-likeness (QED) is 0.882. The van der Waals surface area contributed by atoms with Crippen LogP contribution in [0.25, 0.3) is 11.0 Å². The molecule has 0 radical (unpaired) electrons. The van der Waals surface area contributed by atoms with Gasteiger partial charge < -0.3 is 15.0 Å². The van der Waals surface area contributed by atoms with Crippen molar-refractivity contribution in [1.82, 2.24) is 25.1 Å². The number of amides is 1. The largest absolute Gasteiger partial charge is 0.370 e. The summed E-state index contributed by atoms with van der Waals surface area (Å²) in [4.78, 5) is 22.8. The molecule has 2 aromatic heterocycles. The molecule has 0 bridgehead atoms. The first-order valence-corrected chi connectivity index (χ1v) is 9.72. The van der Waals surface area contributed by atoms with Crippen LogP contribution in [0.5, 0.6) is 0 Å². The van der Waals surface area contributed by atoms with E-state index in [1.165, 1.54) is 0 Å². The van der Waals surface area contributed by atoms with Gasteiger partial charge in [-0.1, -0.05) is 0 Å². The van der Waals surface area contributed by atoms with Crippen LogP contribution in [0.2, 0.25) is 0 Å². The maximum Gasteiger partial charge on any atom is 0.216 e. The van der Waals surface area contributed by atoms with Crippen LogP contribution in [0.3, 0.4) is 0 Å². The SMILES string of the molecule is CC(=O)NCC1CCC2(CCN(c3nc(C)nc4c3c(C)nn4C)CC2)O1. The van der Waals surface area contributed by atoms with Crippen LogP contribution in [0.15, 0.2) is 0 Å². The highest BCUT2D eigenvalue weighted by Crippen LogP contribution is 2.40. The standard InChI is InChI=1S/C19H28N6O2/c1-12-16-17(24(4)23-12)21-13(2)22-18(16)25-9-7-19(8-10-25)6-5-15(27-19)11-20-14(3)26/h15H,5-11H2,1-4H3,(H,20,26). The van der Waals surface area contributed by atoms with E-state index in [1.54, 1.807) is 6.92 Å². The zero-order valence-electron chi connectivity index (χ0n) is 16.6.